The Bertz CT molecular complexity index is 287. The SMILES string of the molecule is CCC(C)C(=O)C1(F)C#CCCCCC1. The number of alkyl halides is 1. The molecule has 0 bridgehead atoms. The van der Waals surface area contributed by atoms with Crippen molar-refractivity contribution in [2.75, 3.05) is 0 Å². The van der Waals surface area contributed by atoms with E-state index >= 15 is 0 Å². The van der Waals surface area contributed by atoms with Crippen LogP contribution in [0.5, 0.6) is 0 Å². The van der Waals surface area contributed by atoms with E-state index in [0.29, 0.717) is 6.42 Å². The average molecular weight is 210 g/mol. The fourth-order valence-corrected chi connectivity index (χ4v) is 1.78. The van der Waals surface area contributed by atoms with Crippen molar-refractivity contribution in [1.29, 1.82) is 0 Å². The monoisotopic (exact) mass is 210 g/mol. The van der Waals surface area contributed by atoms with Gasteiger partial charge in [-0.15, -0.1) is 0 Å². The van der Waals surface area contributed by atoms with Crippen molar-refractivity contribution in [1.82, 2.24) is 0 Å². The first-order chi connectivity index (χ1) is 7.10. The molecule has 15 heavy (non-hydrogen) atoms. The van der Waals surface area contributed by atoms with Crippen molar-refractivity contribution in [3.05, 3.63) is 0 Å². The molecule has 0 aromatic heterocycles. The minimum absolute atomic E-state index is 0.219. The van der Waals surface area contributed by atoms with Gasteiger partial charge in [0.05, 0.1) is 0 Å². The van der Waals surface area contributed by atoms with Crippen molar-refractivity contribution >= 4 is 5.78 Å². The number of hydrogen-bond donors (Lipinski definition) is 0. The van der Waals surface area contributed by atoms with Crippen molar-refractivity contribution in [2.45, 2.75) is 58.0 Å². The molecule has 0 radical (unpaired) electrons. The van der Waals surface area contributed by atoms with E-state index in [1.807, 2.05) is 6.92 Å². The fourth-order valence-electron chi connectivity index (χ4n) is 1.78. The average Bonchev–Trinajstić information content (AvgIpc) is 2.21. The van der Waals surface area contributed by atoms with Gasteiger partial charge in [0.1, 0.15) is 0 Å². The molecular weight excluding hydrogens is 191 g/mol. The summed E-state index contributed by atoms with van der Waals surface area (Å²) in [6.07, 6.45) is 4.47. The van der Waals surface area contributed by atoms with Crippen LogP contribution in [0, 0.1) is 17.8 Å². The van der Waals surface area contributed by atoms with Crippen LogP contribution >= 0.6 is 0 Å². The second-order valence-corrected chi connectivity index (χ2v) is 4.34. The molecule has 2 unspecified atom stereocenters. The minimum atomic E-state index is -1.87. The van der Waals surface area contributed by atoms with E-state index in [-0.39, 0.29) is 18.1 Å². The predicted molar refractivity (Wildman–Crippen MR) is 59.2 cm³/mol. The quantitative estimate of drug-likeness (QED) is 0.653. The van der Waals surface area contributed by atoms with Crippen LogP contribution in [0.4, 0.5) is 4.39 Å². The molecule has 0 heterocycles. The summed E-state index contributed by atoms with van der Waals surface area (Å²) in [7, 11) is 0. The number of halogens is 1. The topological polar surface area (TPSA) is 17.1 Å². The third-order valence-corrected chi connectivity index (χ3v) is 3.06. The zero-order chi connectivity index (χ0) is 11.3. The zero-order valence-corrected chi connectivity index (χ0v) is 9.61. The van der Waals surface area contributed by atoms with E-state index in [2.05, 4.69) is 11.8 Å². The van der Waals surface area contributed by atoms with Crippen LogP contribution in [0.1, 0.15) is 52.4 Å². The first kappa shape index (κ1) is 12.2. The highest BCUT2D eigenvalue weighted by Crippen LogP contribution is 2.26. The van der Waals surface area contributed by atoms with Crippen LogP contribution in [-0.2, 0) is 4.79 Å². The number of Topliss-reactive ketones (excluding diaryl/α,β-unsaturated/α-hetero) is 1. The Hall–Kier alpha value is -0.840. The van der Waals surface area contributed by atoms with E-state index < -0.39 is 5.67 Å². The Balaban J connectivity index is 2.81. The van der Waals surface area contributed by atoms with Gasteiger partial charge in [0.15, 0.2) is 5.78 Å². The lowest BCUT2D eigenvalue weighted by Gasteiger charge is -2.22. The zero-order valence-electron chi connectivity index (χ0n) is 9.61. The summed E-state index contributed by atoms with van der Waals surface area (Å²) in [5.74, 6) is 4.80. The molecule has 84 valence electrons. The fraction of sp³-hybridized carbons (Fsp3) is 0.769. The number of hydrogen-bond acceptors (Lipinski definition) is 1. The molecular formula is C13H19FO. The first-order valence-corrected chi connectivity index (χ1v) is 5.83. The molecule has 1 rings (SSSR count). The van der Waals surface area contributed by atoms with E-state index in [1.54, 1.807) is 6.92 Å². The van der Waals surface area contributed by atoms with Gasteiger partial charge < -0.3 is 0 Å². The lowest BCUT2D eigenvalue weighted by atomic mass is 9.85. The molecule has 0 N–H and O–H groups in total. The predicted octanol–water partition coefficient (Wildman–Crippen LogP) is 3.28. The van der Waals surface area contributed by atoms with Crippen LogP contribution in [0.15, 0.2) is 0 Å². The lowest BCUT2D eigenvalue weighted by molar-refractivity contribution is -0.131. The van der Waals surface area contributed by atoms with Crippen LogP contribution in [-0.4, -0.2) is 11.5 Å². The minimum Gasteiger partial charge on any atom is -0.295 e. The highest BCUT2D eigenvalue weighted by Gasteiger charge is 2.38. The molecule has 0 aliphatic heterocycles. The molecule has 0 spiro atoms. The molecule has 2 atom stereocenters. The molecule has 0 amide bonds. The van der Waals surface area contributed by atoms with E-state index in [0.717, 1.165) is 25.7 Å². The Morgan fingerprint density at radius 1 is 1.47 bits per heavy atom. The van der Waals surface area contributed by atoms with Gasteiger partial charge in [-0.1, -0.05) is 32.1 Å². The molecule has 1 nitrogen and oxygen atoms in total. The van der Waals surface area contributed by atoms with Crippen LogP contribution < -0.4 is 0 Å². The van der Waals surface area contributed by atoms with Gasteiger partial charge in [0.2, 0.25) is 5.67 Å². The van der Waals surface area contributed by atoms with Crippen molar-refractivity contribution < 1.29 is 9.18 Å². The Kier molecular flexibility index (Phi) is 4.32. The maximum absolute atomic E-state index is 14.3. The van der Waals surface area contributed by atoms with Gasteiger partial charge >= 0.3 is 0 Å². The van der Waals surface area contributed by atoms with Gasteiger partial charge in [-0.05, 0) is 19.3 Å². The van der Waals surface area contributed by atoms with Gasteiger partial charge in [-0.3, -0.25) is 4.79 Å². The highest BCUT2D eigenvalue weighted by molar-refractivity contribution is 5.92. The number of carbonyl (C=O) groups excluding carboxylic acids is 1. The second kappa shape index (κ2) is 5.30. The second-order valence-electron chi connectivity index (χ2n) is 4.34. The number of rotatable bonds is 3. The van der Waals surface area contributed by atoms with E-state index in [9.17, 15) is 9.18 Å². The Labute approximate surface area is 91.4 Å². The number of carbonyl (C=O) groups is 1. The van der Waals surface area contributed by atoms with Gasteiger partial charge in [-0.2, -0.15) is 0 Å². The standard InChI is InChI=1S/C13H19FO/c1-3-11(2)12(15)13(14)9-7-5-4-6-8-10-13/h11H,3-7,9H2,1-2H3. The Morgan fingerprint density at radius 2 is 2.20 bits per heavy atom. The molecule has 2 heteroatoms. The maximum Gasteiger partial charge on any atom is 0.228 e. The molecule has 0 aromatic carbocycles. The van der Waals surface area contributed by atoms with E-state index in [4.69, 9.17) is 0 Å². The maximum atomic E-state index is 14.3. The third kappa shape index (κ3) is 3.06. The largest absolute Gasteiger partial charge is 0.295 e. The van der Waals surface area contributed by atoms with Crippen LogP contribution in [0.3, 0.4) is 0 Å². The first-order valence-electron chi connectivity index (χ1n) is 5.83. The van der Waals surface area contributed by atoms with Gasteiger partial charge in [0.25, 0.3) is 0 Å². The summed E-state index contributed by atoms with van der Waals surface area (Å²) in [5, 5.41) is 0. The van der Waals surface area contributed by atoms with Gasteiger partial charge in [0, 0.05) is 18.8 Å². The third-order valence-electron chi connectivity index (χ3n) is 3.06. The van der Waals surface area contributed by atoms with Crippen molar-refractivity contribution in [3.8, 4) is 11.8 Å². The van der Waals surface area contributed by atoms with Crippen LogP contribution in [0.2, 0.25) is 0 Å². The lowest BCUT2D eigenvalue weighted by Crippen LogP contribution is -2.36. The number of ketones is 1. The van der Waals surface area contributed by atoms with E-state index in [1.165, 1.54) is 0 Å². The van der Waals surface area contributed by atoms with Crippen LogP contribution in [0.25, 0.3) is 0 Å². The highest BCUT2D eigenvalue weighted by atomic mass is 19.1. The molecule has 1 aliphatic rings. The van der Waals surface area contributed by atoms with Crippen molar-refractivity contribution in [3.63, 3.8) is 0 Å². The molecule has 0 saturated heterocycles. The summed E-state index contributed by atoms with van der Waals surface area (Å²) in [4.78, 5) is 11.8. The summed E-state index contributed by atoms with van der Waals surface area (Å²) >= 11 is 0. The molecule has 1 aliphatic carbocycles. The molecule has 0 fully saturated rings. The summed E-state index contributed by atoms with van der Waals surface area (Å²) in [6.45, 7) is 3.69. The molecule has 0 aromatic rings. The summed E-state index contributed by atoms with van der Waals surface area (Å²) in [5.41, 5.74) is -1.87. The van der Waals surface area contributed by atoms with Crippen molar-refractivity contribution in [2.24, 2.45) is 5.92 Å². The molecule has 0 saturated carbocycles. The summed E-state index contributed by atoms with van der Waals surface area (Å²) in [6, 6.07) is 0. The summed E-state index contributed by atoms with van der Waals surface area (Å²) < 4.78 is 14.3. The Morgan fingerprint density at radius 3 is 2.87 bits per heavy atom. The van der Waals surface area contributed by atoms with Gasteiger partial charge in [-0.25, -0.2) is 4.39 Å². The smallest absolute Gasteiger partial charge is 0.228 e. The normalized spacial score (nSPS) is 28.2.